The first-order valence-corrected chi connectivity index (χ1v) is 10.3. The van der Waals surface area contributed by atoms with Crippen molar-refractivity contribution >= 4 is 27.4 Å². The summed E-state index contributed by atoms with van der Waals surface area (Å²) in [6.07, 6.45) is 0.875. The van der Waals surface area contributed by atoms with Gasteiger partial charge in [0, 0.05) is 30.3 Å². The van der Waals surface area contributed by atoms with Gasteiger partial charge in [0.15, 0.2) is 5.78 Å². The number of carbonyl (C=O) groups is 2. The molecule has 1 heterocycles. The lowest BCUT2D eigenvalue weighted by atomic mass is 10.1. The van der Waals surface area contributed by atoms with Crippen LogP contribution in [-0.2, 0) is 21.2 Å². The molecular weight excluding hydrogens is 364 g/mol. The van der Waals surface area contributed by atoms with Crippen molar-refractivity contribution in [2.75, 3.05) is 11.4 Å². The second-order valence-electron chi connectivity index (χ2n) is 6.67. The zero-order valence-corrected chi connectivity index (χ0v) is 16.1. The maximum Gasteiger partial charge on any atom is 0.240 e. The van der Waals surface area contributed by atoms with Gasteiger partial charge in [0.25, 0.3) is 0 Å². The van der Waals surface area contributed by atoms with E-state index in [4.69, 9.17) is 0 Å². The highest BCUT2D eigenvalue weighted by atomic mass is 32.2. The molecule has 0 radical (unpaired) electrons. The van der Waals surface area contributed by atoms with Gasteiger partial charge in [-0.2, -0.15) is 0 Å². The Morgan fingerprint density at radius 2 is 1.78 bits per heavy atom. The molecule has 1 unspecified atom stereocenters. The van der Waals surface area contributed by atoms with Crippen molar-refractivity contribution in [1.82, 2.24) is 4.72 Å². The first-order chi connectivity index (χ1) is 12.8. The van der Waals surface area contributed by atoms with Crippen LogP contribution in [0.25, 0.3) is 0 Å². The quantitative estimate of drug-likeness (QED) is 0.774. The van der Waals surface area contributed by atoms with Gasteiger partial charge in [-0.3, -0.25) is 9.59 Å². The molecule has 2 aromatic carbocycles. The molecule has 6 nitrogen and oxygen atoms in total. The van der Waals surface area contributed by atoms with Gasteiger partial charge in [0.1, 0.15) is 0 Å². The van der Waals surface area contributed by atoms with Crippen molar-refractivity contribution in [3.63, 3.8) is 0 Å². The van der Waals surface area contributed by atoms with Crippen LogP contribution in [0.15, 0.2) is 53.4 Å². The number of para-hydroxylation sites is 1. The summed E-state index contributed by atoms with van der Waals surface area (Å²) in [4.78, 5) is 25.7. The predicted molar refractivity (Wildman–Crippen MR) is 103 cm³/mol. The van der Waals surface area contributed by atoms with Crippen LogP contribution in [0, 0.1) is 0 Å². The fourth-order valence-electron chi connectivity index (χ4n) is 3.31. The molecule has 0 bridgehead atoms. The number of sulfonamides is 1. The normalized spacial score (nSPS) is 16.2. The summed E-state index contributed by atoms with van der Waals surface area (Å²) in [5, 5.41) is 0. The monoisotopic (exact) mass is 386 g/mol. The van der Waals surface area contributed by atoms with Gasteiger partial charge in [-0.25, -0.2) is 13.1 Å². The minimum atomic E-state index is -3.73. The van der Waals surface area contributed by atoms with Gasteiger partial charge in [0.2, 0.25) is 15.9 Å². The van der Waals surface area contributed by atoms with Crippen LogP contribution in [0.1, 0.15) is 36.2 Å². The molecule has 1 N–H and O–H groups in total. The summed E-state index contributed by atoms with van der Waals surface area (Å²) < 4.78 is 27.2. The van der Waals surface area contributed by atoms with E-state index >= 15 is 0 Å². The van der Waals surface area contributed by atoms with Crippen molar-refractivity contribution < 1.29 is 18.0 Å². The molecule has 0 saturated carbocycles. The lowest BCUT2D eigenvalue weighted by Crippen LogP contribution is -2.38. The topological polar surface area (TPSA) is 83.5 Å². The Morgan fingerprint density at radius 3 is 2.44 bits per heavy atom. The Bertz CT molecular complexity index is 968. The molecule has 0 saturated heterocycles. The average molecular weight is 386 g/mol. The van der Waals surface area contributed by atoms with Crippen molar-refractivity contribution in [3.8, 4) is 0 Å². The van der Waals surface area contributed by atoms with Crippen molar-refractivity contribution in [2.24, 2.45) is 0 Å². The Hall–Kier alpha value is -2.51. The number of nitrogens with one attached hydrogen (secondary N) is 1. The standard InChI is InChI=1S/C20H22N2O4S/c1-14-13-17-5-3-4-6-19(17)22(14)20(24)11-12-21-27(25,26)18-9-7-16(8-10-18)15(2)23/h3-10,14,21H,11-13H2,1-2H3. The molecule has 7 heteroatoms. The lowest BCUT2D eigenvalue weighted by Gasteiger charge is -2.22. The summed E-state index contributed by atoms with van der Waals surface area (Å²) in [6.45, 7) is 3.42. The van der Waals surface area contributed by atoms with E-state index in [-0.39, 0.29) is 35.6 Å². The second kappa shape index (κ2) is 7.62. The number of carbonyl (C=O) groups excluding carboxylic acids is 2. The van der Waals surface area contributed by atoms with E-state index < -0.39 is 10.0 Å². The molecule has 0 fully saturated rings. The van der Waals surface area contributed by atoms with Crippen LogP contribution >= 0.6 is 0 Å². The molecule has 0 spiro atoms. The molecule has 1 aliphatic rings. The summed E-state index contributed by atoms with van der Waals surface area (Å²) in [5.41, 5.74) is 2.48. The van der Waals surface area contributed by atoms with Crippen molar-refractivity contribution in [2.45, 2.75) is 37.6 Å². The van der Waals surface area contributed by atoms with E-state index in [1.807, 2.05) is 31.2 Å². The van der Waals surface area contributed by atoms with E-state index in [9.17, 15) is 18.0 Å². The molecule has 0 aliphatic carbocycles. The molecule has 27 heavy (non-hydrogen) atoms. The first kappa shape index (κ1) is 19.3. The summed E-state index contributed by atoms with van der Waals surface area (Å²) >= 11 is 0. The van der Waals surface area contributed by atoms with Gasteiger partial charge < -0.3 is 4.90 Å². The molecular formula is C20H22N2O4S. The van der Waals surface area contributed by atoms with Crippen LogP contribution in [0.3, 0.4) is 0 Å². The van der Waals surface area contributed by atoms with E-state index in [2.05, 4.69) is 4.72 Å². The minimum Gasteiger partial charge on any atom is -0.309 e. The SMILES string of the molecule is CC(=O)c1ccc(S(=O)(=O)NCCC(=O)N2c3ccccc3CC2C)cc1. The van der Waals surface area contributed by atoms with E-state index in [0.717, 1.165) is 17.7 Å². The maximum absolute atomic E-state index is 12.6. The minimum absolute atomic E-state index is 0.0149. The fraction of sp³-hybridized carbons (Fsp3) is 0.300. The van der Waals surface area contributed by atoms with Crippen LogP contribution in [0.4, 0.5) is 5.69 Å². The van der Waals surface area contributed by atoms with Gasteiger partial charge in [-0.1, -0.05) is 30.3 Å². The average Bonchev–Trinajstić information content (AvgIpc) is 2.97. The van der Waals surface area contributed by atoms with Crippen LogP contribution in [-0.4, -0.2) is 32.7 Å². The van der Waals surface area contributed by atoms with E-state index in [1.165, 1.54) is 31.2 Å². The number of Topliss-reactive ketones (excluding diaryl/α,β-unsaturated/α-hetero) is 1. The predicted octanol–water partition coefficient (Wildman–Crippen LogP) is 2.54. The highest BCUT2D eigenvalue weighted by Crippen LogP contribution is 2.32. The number of anilines is 1. The number of benzene rings is 2. The Labute approximate surface area is 159 Å². The highest BCUT2D eigenvalue weighted by molar-refractivity contribution is 7.89. The van der Waals surface area contributed by atoms with Gasteiger partial charge in [-0.15, -0.1) is 0 Å². The third-order valence-electron chi connectivity index (χ3n) is 4.68. The Kier molecular flexibility index (Phi) is 5.43. The molecule has 1 aliphatic heterocycles. The Balaban J connectivity index is 1.62. The number of ketones is 1. The largest absolute Gasteiger partial charge is 0.309 e. The highest BCUT2D eigenvalue weighted by Gasteiger charge is 2.30. The molecule has 142 valence electrons. The number of amides is 1. The summed E-state index contributed by atoms with van der Waals surface area (Å²) in [6, 6.07) is 13.6. The van der Waals surface area contributed by atoms with Crippen LogP contribution in [0.2, 0.25) is 0 Å². The molecule has 2 aromatic rings. The van der Waals surface area contributed by atoms with Gasteiger partial charge in [-0.05, 0) is 44.0 Å². The number of rotatable bonds is 6. The van der Waals surface area contributed by atoms with Crippen molar-refractivity contribution in [3.05, 3.63) is 59.7 Å². The lowest BCUT2D eigenvalue weighted by molar-refractivity contribution is -0.118. The van der Waals surface area contributed by atoms with Crippen LogP contribution in [0.5, 0.6) is 0 Å². The zero-order valence-electron chi connectivity index (χ0n) is 15.3. The first-order valence-electron chi connectivity index (χ1n) is 8.80. The van der Waals surface area contributed by atoms with E-state index in [1.54, 1.807) is 4.90 Å². The van der Waals surface area contributed by atoms with Crippen molar-refractivity contribution in [1.29, 1.82) is 0 Å². The van der Waals surface area contributed by atoms with Gasteiger partial charge in [0.05, 0.1) is 4.90 Å². The molecule has 1 amide bonds. The Morgan fingerprint density at radius 1 is 1.11 bits per heavy atom. The third-order valence-corrected chi connectivity index (χ3v) is 6.15. The third kappa shape index (κ3) is 4.09. The molecule has 0 aromatic heterocycles. The number of hydrogen-bond donors (Lipinski definition) is 1. The second-order valence-corrected chi connectivity index (χ2v) is 8.44. The zero-order chi connectivity index (χ0) is 19.6. The number of nitrogens with zero attached hydrogens (tertiary/aromatic N) is 1. The molecule has 1 atom stereocenters. The maximum atomic E-state index is 12.6. The van der Waals surface area contributed by atoms with Crippen LogP contribution < -0.4 is 9.62 Å². The molecule has 3 rings (SSSR count). The number of fused-ring (bicyclic) bond motifs is 1. The van der Waals surface area contributed by atoms with E-state index in [0.29, 0.717) is 5.56 Å². The summed E-state index contributed by atoms with van der Waals surface area (Å²) in [7, 11) is -3.73. The number of hydrogen-bond acceptors (Lipinski definition) is 4. The fourth-order valence-corrected chi connectivity index (χ4v) is 4.34. The smallest absolute Gasteiger partial charge is 0.240 e. The van der Waals surface area contributed by atoms with Gasteiger partial charge >= 0.3 is 0 Å². The summed E-state index contributed by atoms with van der Waals surface area (Å²) in [5.74, 6) is -0.236.